The van der Waals surface area contributed by atoms with Crippen molar-refractivity contribution in [3.63, 3.8) is 0 Å². The smallest absolute Gasteiger partial charge is 0.0467 e. The molecule has 0 atom stereocenters. The lowest BCUT2D eigenvalue weighted by Gasteiger charge is -1.74. The van der Waals surface area contributed by atoms with Crippen LogP contribution in [-0.2, 0) is 0 Å². The first-order chi connectivity index (χ1) is 7.91. The molecule has 0 saturated carbocycles. The fourth-order valence-corrected chi connectivity index (χ4v) is 0.864. The SMILES string of the molecule is C/C=C/C=C/C=C/C=C/C=C/C=C/C=C/C. The number of rotatable bonds is 6. The van der Waals surface area contributed by atoms with Crippen molar-refractivity contribution in [3.8, 4) is 0 Å². The minimum absolute atomic E-state index is 2.00. The average molecular weight is 212 g/mol. The molecule has 0 aromatic rings. The molecule has 0 unspecified atom stereocenters. The van der Waals surface area contributed by atoms with Crippen LogP contribution in [0.25, 0.3) is 0 Å². The summed E-state index contributed by atoms with van der Waals surface area (Å²) >= 11 is 0. The van der Waals surface area contributed by atoms with Gasteiger partial charge in [-0.1, -0.05) is 85.1 Å². The van der Waals surface area contributed by atoms with Gasteiger partial charge in [-0.3, -0.25) is 0 Å². The van der Waals surface area contributed by atoms with Crippen molar-refractivity contribution in [3.05, 3.63) is 85.1 Å². The summed E-state index contributed by atoms with van der Waals surface area (Å²) in [5.41, 5.74) is 0. The van der Waals surface area contributed by atoms with Gasteiger partial charge in [-0.2, -0.15) is 0 Å². The Morgan fingerprint density at radius 3 is 0.688 bits per heavy atom. The molecule has 0 bridgehead atoms. The summed E-state index contributed by atoms with van der Waals surface area (Å²) in [7, 11) is 0. The first-order valence-corrected chi connectivity index (χ1v) is 5.49. The van der Waals surface area contributed by atoms with Gasteiger partial charge in [0.25, 0.3) is 0 Å². The molecule has 0 aliphatic rings. The molecule has 0 rings (SSSR count). The third kappa shape index (κ3) is 12.2. The second-order valence-corrected chi connectivity index (χ2v) is 2.98. The minimum Gasteiger partial charge on any atom is -0.0877 e. The summed E-state index contributed by atoms with van der Waals surface area (Å²) in [6.45, 7) is 4.00. The van der Waals surface area contributed by atoms with Crippen molar-refractivity contribution in [2.24, 2.45) is 0 Å². The monoisotopic (exact) mass is 212 g/mol. The molecule has 0 radical (unpaired) electrons. The molecule has 0 aromatic carbocycles. The maximum atomic E-state index is 2.00. The van der Waals surface area contributed by atoms with Crippen LogP contribution in [0.3, 0.4) is 0 Å². The Morgan fingerprint density at radius 2 is 0.500 bits per heavy atom. The zero-order chi connectivity index (χ0) is 11.9. The van der Waals surface area contributed by atoms with E-state index >= 15 is 0 Å². The Labute approximate surface area is 99.4 Å². The van der Waals surface area contributed by atoms with Gasteiger partial charge in [0, 0.05) is 0 Å². The molecule has 0 saturated heterocycles. The van der Waals surface area contributed by atoms with E-state index < -0.39 is 0 Å². The number of allylic oxidation sites excluding steroid dienone is 14. The lowest BCUT2D eigenvalue weighted by Crippen LogP contribution is -1.52. The molecular weight excluding hydrogens is 192 g/mol. The van der Waals surface area contributed by atoms with Gasteiger partial charge in [-0.15, -0.1) is 0 Å². The van der Waals surface area contributed by atoms with Crippen LogP contribution in [0.1, 0.15) is 13.8 Å². The van der Waals surface area contributed by atoms with Crippen molar-refractivity contribution in [1.82, 2.24) is 0 Å². The molecule has 84 valence electrons. The van der Waals surface area contributed by atoms with Crippen LogP contribution >= 0.6 is 0 Å². The van der Waals surface area contributed by atoms with E-state index in [1.807, 2.05) is 98.9 Å². The van der Waals surface area contributed by atoms with E-state index in [-0.39, 0.29) is 0 Å². The molecule has 0 nitrogen and oxygen atoms in total. The highest BCUT2D eigenvalue weighted by molar-refractivity contribution is 5.20. The highest BCUT2D eigenvalue weighted by atomic mass is 13.7. The first kappa shape index (κ1) is 14.2. The predicted molar refractivity (Wildman–Crippen MR) is 75.3 cm³/mol. The molecule has 0 aliphatic heterocycles. The van der Waals surface area contributed by atoms with E-state index in [4.69, 9.17) is 0 Å². The van der Waals surface area contributed by atoms with Crippen LogP contribution in [0.4, 0.5) is 0 Å². The fraction of sp³-hybridized carbons (Fsp3) is 0.125. The van der Waals surface area contributed by atoms with Gasteiger partial charge in [-0.05, 0) is 13.8 Å². The van der Waals surface area contributed by atoms with Gasteiger partial charge in [-0.25, -0.2) is 0 Å². The van der Waals surface area contributed by atoms with Crippen LogP contribution in [-0.4, -0.2) is 0 Å². The van der Waals surface area contributed by atoms with Gasteiger partial charge >= 0.3 is 0 Å². The predicted octanol–water partition coefficient (Wildman–Crippen LogP) is 4.92. The average Bonchev–Trinajstić information content (AvgIpc) is 2.31. The van der Waals surface area contributed by atoms with Crippen molar-refractivity contribution in [2.45, 2.75) is 13.8 Å². The van der Waals surface area contributed by atoms with Crippen LogP contribution in [0.5, 0.6) is 0 Å². The Morgan fingerprint density at radius 1 is 0.312 bits per heavy atom. The van der Waals surface area contributed by atoms with Gasteiger partial charge in [0.05, 0.1) is 0 Å². The molecule has 0 heterocycles. The normalized spacial score (nSPS) is 14.4. The minimum atomic E-state index is 2.00. The maximum Gasteiger partial charge on any atom is -0.0467 e. The van der Waals surface area contributed by atoms with Gasteiger partial charge in [0.2, 0.25) is 0 Å². The van der Waals surface area contributed by atoms with E-state index in [2.05, 4.69) is 0 Å². The highest BCUT2D eigenvalue weighted by Gasteiger charge is 1.63. The van der Waals surface area contributed by atoms with Gasteiger partial charge < -0.3 is 0 Å². The summed E-state index contributed by atoms with van der Waals surface area (Å²) in [6.07, 6.45) is 28.0. The second kappa shape index (κ2) is 13.2. The Hall–Kier alpha value is -1.82. The van der Waals surface area contributed by atoms with E-state index in [0.717, 1.165) is 0 Å². The lowest BCUT2D eigenvalue weighted by molar-refractivity contribution is 1.73. The summed E-state index contributed by atoms with van der Waals surface area (Å²) in [4.78, 5) is 0. The molecule has 16 heavy (non-hydrogen) atoms. The summed E-state index contributed by atoms with van der Waals surface area (Å²) in [5, 5.41) is 0. The summed E-state index contributed by atoms with van der Waals surface area (Å²) in [6, 6.07) is 0. The van der Waals surface area contributed by atoms with E-state index in [1.54, 1.807) is 0 Å². The van der Waals surface area contributed by atoms with Crippen LogP contribution in [0, 0.1) is 0 Å². The fourth-order valence-electron chi connectivity index (χ4n) is 0.864. The van der Waals surface area contributed by atoms with Crippen molar-refractivity contribution >= 4 is 0 Å². The van der Waals surface area contributed by atoms with Crippen LogP contribution in [0.2, 0.25) is 0 Å². The van der Waals surface area contributed by atoms with E-state index in [0.29, 0.717) is 0 Å². The molecule has 0 amide bonds. The third-order valence-corrected chi connectivity index (χ3v) is 1.61. The molecule has 0 N–H and O–H groups in total. The van der Waals surface area contributed by atoms with Crippen molar-refractivity contribution < 1.29 is 0 Å². The van der Waals surface area contributed by atoms with Gasteiger partial charge in [0.1, 0.15) is 0 Å². The topological polar surface area (TPSA) is 0 Å². The van der Waals surface area contributed by atoms with E-state index in [1.165, 1.54) is 0 Å². The maximum absolute atomic E-state index is 2.00. The second-order valence-electron chi connectivity index (χ2n) is 2.98. The highest BCUT2D eigenvalue weighted by Crippen LogP contribution is 1.85. The largest absolute Gasteiger partial charge is 0.0877 e. The standard InChI is InChI=1S/C16H20/c1-3-5-7-9-11-13-15-16-14-12-10-8-6-4-2/h3-16H,1-2H3/b5-3+,6-4+,9-7+,10-8+,13-11+,14-12+,16-15+. The van der Waals surface area contributed by atoms with Crippen LogP contribution in [0.15, 0.2) is 85.1 Å². The van der Waals surface area contributed by atoms with Crippen LogP contribution < -0.4 is 0 Å². The number of hydrogen-bond acceptors (Lipinski definition) is 0. The molecule has 0 heteroatoms. The zero-order valence-corrected chi connectivity index (χ0v) is 10.1. The molecular formula is C16H20. The quantitative estimate of drug-likeness (QED) is 0.548. The zero-order valence-electron chi connectivity index (χ0n) is 10.1. The Bertz CT molecular complexity index is 297. The van der Waals surface area contributed by atoms with Crippen molar-refractivity contribution in [1.29, 1.82) is 0 Å². The van der Waals surface area contributed by atoms with E-state index in [9.17, 15) is 0 Å². The third-order valence-electron chi connectivity index (χ3n) is 1.61. The van der Waals surface area contributed by atoms with Crippen molar-refractivity contribution in [2.75, 3.05) is 0 Å². The molecule has 0 spiro atoms. The number of hydrogen-bond donors (Lipinski definition) is 0. The molecule has 0 aromatic heterocycles. The lowest BCUT2D eigenvalue weighted by atomic mass is 10.3. The summed E-state index contributed by atoms with van der Waals surface area (Å²) < 4.78 is 0. The Balaban J connectivity index is 3.76. The van der Waals surface area contributed by atoms with Gasteiger partial charge in [0.15, 0.2) is 0 Å². The molecule has 0 aliphatic carbocycles. The summed E-state index contributed by atoms with van der Waals surface area (Å²) in [5.74, 6) is 0. The first-order valence-electron chi connectivity index (χ1n) is 5.49. The Kier molecular flexibility index (Phi) is 11.7. The molecule has 0 fully saturated rings.